The molecule has 0 saturated carbocycles. The van der Waals surface area contributed by atoms with Crippen molar-refractivity contribution in [2.45, 2.75) is 0 Å². The van der Waals surface area contributed by atoms with Crippen LogP contribution >= 0.6 is 0 Å². The van der Waals surface area contributed by atoms with Crippen molar-refractivity contribution < 1.29 is 9.84 Å². The van der Waals surface area contributed by atoms with Crippen LogP contribution in [0, 0.1) is 6.54 Å². The third kappa shape index (κ3) is 2.76. The van der Waals surface area contributed by atoms with E-state index >= 15 is 0 Å². The summed E-state index contributed by atoms with van der Waals surface area (Å²) in [5, 5.41) is 2.51. The maximum atomic E-state index is 5.84. The van der Waals surface area contributed by atoms with E-state index in [-0.39, 0.29) is 0 Å². The molecule has 1 aromatic rings. The van der Waals surface area contributed by atoms with Crippen molar-refractivity contribution in [3.8, 4) is 5.75 Å². The smallest absolute Gasteiger partial charge is 0.197 e. The molecular weight excluding hydrogens is 264 g/mol. The lowest BCUT2D eigenvalue weighted by Gasteiger charge is -2.23. The van der Waals surface area contributed by atoms with Crippen LogP contribution in [0.3, 0.4) is 0 Å². The quantitative estimate of drug-likeness (QED) is 0.467. The minimum absolute atomic E-state index is 0.524. The zero-order valence-corrected chi connectivity index (χ0v) is 11.9. The van der Waals surface area contributed by atoms with Gasteiger partial charge in [-0.1, -0.05) is 12.2 Å². The number of allylic oxidation sites excluding steroid dienone is 2. The number of likely N-dealkylation sites (N-methyl/N-ethyl adjacent to an activating group) is 1. The molecule has 0 saturated heterocycles. The van der Waals surface area contributed by atoms with Crippen LogP contribution < -0.4 is 15.7 Å². The molecule has 5 heteroatoms. The SMILES string of the molecule is CN1C(COc2ccc(/C=[NH+]\N)cc2)=CN2[CH]C=CC=C21. The van der Waals surface area contributed by atoms with Crippen LogP contribution in [0.2, 0.25) is 0 Å². The lowest BCUT2D eigenvalue weighted by molar-refractivity contribution is -0.463. The number of nitrogens with zero attached hydrogens (tertiary/aromatic N) is 2. The highest BCUT2D eigenvalue weighted by atomic mass is 16.5. The summed E-state index contributed by atoms with van der Waals surface area (Å²) in [5.74, 6) is 7.21. The number of fused-ring (bicyclic) bond motifs is 1. The molecule has 0 aliphatic carbocycles. The van der Waals surface area contributed by atoms with E-state index in [2.05, 4.69) is 27.2 Å². The van der Waals surface area contributed by atoms with Crippen LogP contribution in [0.1, 0.15) is 5.56 Å². The van der Waals surface area contributed by atoms with Crippen molar-refractivity contribution in [3.63, 3.8) is 0 Å². The Kier molecular flexibility index (Phi) is 3.64. The Bertz CT molecular complexity index is 628. The van der Waals surface area contributed by atoms with E-state index in [9.17, 15) is 0 Å². The summed E-state index contributed by atoms with van der Waals surface area (Å²) in [7, 11) is 2.04. The van der Waals surface area contributed by atoms with Gasteiger partial charge in [-0.2, -0.15) is 0 Å². The molecule has 0 amide bonds. The van der Waals surface area contributed by atoms with Gasteiger partial charge in [0, 0.05) is 18.8 Å². The second kappa shape index (κ2) is 5.75. The van der Waals surface area contributed by atoms with Crippen LogP contribution in [-0.4, -0.2) is 29.7 Å². The molecule has 2 aliphatic heterocycles. The fourth-order valence-electron chi connectivity index (χ4n) is 2.28. The molecular formula is C16H18N4O+. The maximum Gasteiger partial charge on any atom is 0.197 e. The van der Waals surface area contributed by atoms with Crippen molar-refractivity contribution in [1.82, 2.24) is 9.80 Å². The molecule has 5 nitrogen and oxygen atoms in total. The molecule has 0 atom stereocenters. The van der Waals surface area contributed by atoms with Crippen molar-refractivity contribution in [3.05, 3.63) is 72.3 Å². The Balaban J connectivity index is 1.63. The lowest BCUT2D eigenvalue weighted by Crippen LogP contribution is -2.76. The number of hydrogen-bond donors (Lipinski definition) is 2. The van der Waals surface area contributed by atoms with Gasteiger partial charge < -0.3 is 14.5 Å². The Morgan fingerprint density at radius 3 is 2.76 bits per heavy atom. The first kappa shape index (κ1) is 13.3. The summed E-state index contributed by atoms with van der Waals surface area (Å²) in [6.45, 7) is 2.56. The molecule has 0 spiro atoms. The van der Waals surface area contributed by atoms with E-state index in [0.29, 0.717) is 6.61 Å². The van der Waals surface area contributed by atoms with Crippen LogP contribution in [0.25, 0.3) is 0 Å². The van der Waals surface area contributed by atoms with Gasteiger partial charge in [0.2, 0.25) is 0 Å². The molecule has 3 N–H and O–H groups in total. The van der Waals surface area contributed by atoms with Gasteiger partial charge in [-0.3, -0.25) is 0 Å². The molecule has 1 radical (unpaired) electrons. The van der Waals surface area contributed by atoms with Crippen LogP contribution in [0.15, 0.2) is 60.2 Å². The van der Waals surface area contributed by atoms with Crippen LogP contribution in [-0.2, 0) is 0 Å². The van der Waals surface area contributed by atoms with Crippen molar-refractivity contribution in [2.75, 3.05) is 13.7 Å². The Morgan fingerprint density at radius 2 is 2.05 bits per heavy atom. The minimum atomic E-state index is 0.524. The molecule has 2 aliphatic rings. The van der Waals surface area contributed by atoms with Gasteiger partial charge in [0.25, 0.3) is 0 Å². The number of nitrogens with two attached hydrogens (primary N) is 1. The van der Waals surface area contributed by atoms with Crippen molar-refractivity contribution >= 4 is 6.21 Å². The molecule has 1 aromatic carbocycles. The largest absolute Gasteiger partial charge is 0.487 e. The summed E-state index contributed by atoms with van der Waals surface area (Å²) in [5.41, 5.74) is 2.12. The van der Waals surface area contributed by atoms with Gasteiger partial charge in [-0.05, 0) is 30.3 Å². The fourth-order valence-corrected chi connectivity index (χ4v) is 2.28. The third-order valence-corrected chi connectivity index (χ3v) is 3.45. The highest BCUT2D eigenvalue weighted by Crippen LogP contribution is 2.28. The molecule has 2 heterocycles. The molecule has 0 bridgehead atoms. The van der Waals surface area contributed by atoms with Gasteiger partial charge in [0.05, 0.1) is 12.2 Å². The highest BCUT2D eigenvalue weighted by molar-refractivity contribution is 5.74. The molecule has 107 valence electrons. The molecule has 0 fully saturated rings. The predicted octanol–water partition coefficient (Wildman–Crippen LogP) is 0.100. The van der Waals surface area contributed by atoms with Crippen molar-refractivity contribution in [2.24, 2.45) is 5.84 Å². The summed E-state index contributed by atoms with van der Waals surface area (Å²) < 4.78 is 5.84. The van der Waals surface area contributed by atoms with E-state index in [1.807, 2.05) is 50.0 Å². The van der Waals surface area contributed by atoms with E-state index in [0.717, 1.165) is 22.8 Å². The summed E-state index contributed by atoms with van der Waals surface area (Å²) >= 11 is 0. The van der Waals surface area contributed by atoms with Gasteiger partial charge in [0.15, 0.2) is 6.21 Å². The van der Waals surface area contributed by atoms with Crippen LogP contribution in [0.5, 0.6) is 5.75 Å². The van der Waals surface area contributed by atoms with Gasteiger partial charge in [-0.15, -0.1) is 5.10 Å². The minimum Gasteiger partial charge on any atom is -0.487 e. The van der Waals surface area contributed by atoms with E-state index < -0.39 is 0 Å². The zero-order valence-electron chi connectivity index (χ0n) is 11.9. The number of nitrogens with one attached hydrogen (secondary N) is 1. The second-order valence-electron chi connectivity index (χ2n) is 4.81. The molecule has 0 unspecified atom stereocenters. The number of hydrazone groups is 1. The molecule has 0 aromatic heterocycles. The monoisotopic (exact) mass is 282 g/mol. The second-order valence-corrected chi connectivity index (χ2v) is 4.81. The number of rotatable bonds is 4. The summed E-state index contributed by atoms with van der Waals surface area (Å²) in [4.78, 5) is 4.21. The summed E-state index contributed by atoms with van der Waals surface area (Å²) in [6.07, 6.45) is 9.92. The Labute approximate surface area is 124 Å². The fraction of sp³-hybridized carbons (Fsp3) is 0.125. The standard InChI is InChI=1S/C16H17N4O/c1-19-14(11-20-9-3-2-4-16(19)20)12-21-15-7-5-13(6-8-15)10-18-17/h2-11H,12,17H2,1H3/p+1/b18-10-. The van der Waals surface area contributed by atoms with E-state index in [4.69, 9.17) is 10.6 Å². The van der Waals surface area contributed by atoms with E-state index in [1.54, 1.807) is 6.21 Å². The first-order valence-electron chi connectivity index (χ1n) is 6.75. The average Bonchev–Trinajstić information content (AvgIpc) is 2.84. The number of benzene rings is 1. The maximum absolute atomic E-state index is 5.84. The molecule has 21 heavy (non-hydrogen) atoms. The average molecular weight is 282 g/mol. The first-order valence-corrected chi connectivity index (χ1v) is 6.75. The Hall–Kier alpha value is -2.69. The van der Waals surface area contributed by atoms with Crippen LogP contribution in [0.4, 0.5) is 0 Å². The Morgan fingerprint density at radius 1 is 1.24 bits per heavy atom. The van der Waals surface area contributed by atoms with Gasteiger partial charge in [-0.25, -0.2) is 5.84 Å². The van der Waals surface area contributed by atoms with Gasteiger partial charge in [0.1, 0.15) is 18.2 Å². The van der Waals surface area contributed by atoms with E-state index in [1.165, 1.54) is 0 Å². The number of hydrogen-bond acceptors (Lipinski definition) is 4. The third-order valence-electron chi connectivity index (χ3n) is 3.45. The molecule has 3 rings (SSSR count). The lowest BCUT2D eigenvalue weighted by atomic mass is 10.2. The predicted molar refractivity (Wildman–Crippen MR) is 81.5 cm³/mol. The number of hydrazine groups is 1. The normalized spacial score (nSPS) is 17.0. The zero-order chi connectivity index (χ0) is 14.7. The topological polar surface area (TPSA) is 55.7 Å². The first-order chi connectivity index (χ1) is 10.3. The number of ether oxygens (including phenoxy) is 1. The van der Waals surface area contributed by atoms with Crippen molar-refractivity contribution in [1.29, 1.82) is 0 Å². The highest BCUT2D eigenvalue weighted by Gasteiger charge is 2.24. The van der Waals surface area contributed by atoms with Gasteiger partial charge >= 0.3 is 0 Å². The summed E-state index contributed by atoms with van der Waals surface area (Å²) in [6, 6.07) is 7.76.